The molecule has 8 nitrogen and oxygen atoms in total. The summed E-state index contributed by atoms with van der Waals surface area (Å²) in [6, 6.07) is 7.39. The first kappa shape index (κ1) is 29.7. The molecule has 2 N–H and O–H groups in total. The number of imidazole rings is 1. The molecule has 1 unspecified atom stereocenters. The number of sulfonamides is 1. The van der Waals surface area contributed by atoms with E-state index in [-0.39, 0.29) is 6.61 Å². The summed E-state index contributed by atoms with van der Waals surface area (Å²) in [5, 5.41) is 5.43. The van der Waals surface area contributed by atoms with E-state index < -0.39 is 21.2 Å². The number of nitrogens with zero attached hydrogens (tertiary/aromatic N) is 3. The van der Waals surface area contributed by atoms with Gasteiger partial charge >= 0.3 is 5.97 Å². The van der Waals surface area contributed by atoms with Gasteiger partial charge in [0.15, 0.2) is 5.69 Å². The van der Waals surface area contributed by atoms with E-state index in [0.717, 1.165) is 41.8 Å². The van der Waals surface area contributed by atoms with Gasteiger partial charge in [-0.3, -0.25) is 0 Å². The third-order valence-electron chi connectivity index (χ3n) is 6.17. The second-order valence-corrected chi connectivity index (χ2v) is 11.9. The fraction of sp³-hybridized carbons (Fsp3) is 0.429. The molecule has 1 atom stereocenters. The maximum atomic E-state index is 12.8. The number of hydrogen-bond acceptors (Lipinski definition) is 7. The predicted octanol–water partition coefficient (Wildman–Crippen LogP) is 4.83. The number of unbranched alkanes of at least 4 members (excludes halogenated alkanes) is 1. The molecule has 1 aliphatic carbocycles. The van der Waals surface area contributed by atoms with Crippen molar-refractivity contribution in [1.82, 2.24) is 14.5 Å². The molecule has 0 saturated heterocycles. The predicted molar refractivity (Wildman–Crippen MR) is 154 cm³/mol. The van der Waals surface area contributed by atoms with Gasteiger partial charge in [0.1, 0.15) is 16.1 Å². The molecule has 2 aromatic rings. The lowest BCUT2D eigenvalue weighted by Crippen LogP contribution is -2.24. The molecule has 38 heavy (non-hydrogen) atoms. The van der Waals surface area contributed by atoms with Crippen molar-refractivity contribution in [3.8, 4) is 0 Å². The van der Waals surface area contributed by atoms with Crippen molar-refractivity contribution in [3.63, 3.8) is 0 Å². The number of rotatable bonds is 12. The van der Waals surface area contributed by atoms with Crippen LogP contribution in [0.3, 0.4) is 0 Å². The average molecular weight is 559 g/mol. The Morgan fingerprint density at radius 1 is 1.26 bits per heavy atom. The van der Waals surface area contributed by atoms with E-state index in [0.29, 0.717) is 29.2 Å². The molecule has 0 saturated carbocycles. The van der Waals surface area contributed by atoms with Crippen LogP contribution in [0.15, 0.2) is 64.9 Å². The van der Waals surface area contributed by atoms with Crippen LogP contribution >= 0.6 is 11.8 Å². The SMILES string of the molecule is CCCCc1nc(SC)c(C(=O)OCC)n1Cc1ccc(C(C2=CC=CC(=CN(C)C)C2)S(N)(=O)=O)cc1. The molecule has 10 heteroatoms. The molecular weight excluding hydrogens is 520 g/mol. The third kappa shape index (κ3) is 7.39. The zero-order valence-corrected chi connectivity index (χ0v) is 24.4. The molecule has 206 valence electrons. The van der Waals surface area contributed by atoms with Crippen LogP contribution in [0.2, 0.25) is 0 Å². The van der Waals surface area contributed by atoms with Crippen LogP contribution in [0.25, 0.3) is 0 Å². The minimum absolute atomic E-state index is 0.280. The van der Waals surface area contributed by atoms with Gasteiger partial charge in [-0.05, 0) is 48.3 Å². The van der Waals surface area contributed by atoms with Crippen LogP contribution in [-0.2, 0) is 27.7 Å². The molecule has 0 bridgehead atoms. The number of carbonyl (C=O) groups excluding carboxylic acids is 1. The normalized spacial score (nSPS) is 15.4. The summed E-state index contributed by atoms with van der Waals surface area (Å²) < 4.78 is 32.7. The maximum absolute atomic E-state index is 12.8. The summed E-state index contributed by atoms with van der Waals surface area (Å²) in [5.41, 5.74) is 3.71. The number of carbonyl (C=O) groups is 1. The lowest BCUT2D eigenvalue weighted by molar-refractivity contribution is 0.0509. The molecule has 1 aromatic carbocycles. The Kier molecular flexibility index (Phi) is 10.4. The molecule has 0 spiro atoms. The second kappa shape index (κ2) is 13.3. The first-order chi connectivity index (χ1) is 18.1. The molecule has 0 aliphatic heterocycles. The van der Waals surface area contributed by atoms with Gasteiger partial charge in [0, 0.05) is 33.3 Å². The zero-order chi connectivity index (χ0) is 27.9. The van der Waals surface area contributed by atoms with E-state index in [2.05, 4.69) is 6.92 Å². The van der Waals surface area contributed by atoms with Crippen molar-refractivity contribution in [2.24, 2.45) is 5.14 Å². The molecule has 0 radical (unpaired) electrons. The second-order valence-electron chi connectivity index (χ2n) is 9.45. The number of primary sulfonamides is 1. The lowest BCUT2D eigenvalue weighted by Gasteiger charge is -2.22. The Balaban J connectivity index is 1.96. The van der Waals surface area contributed by atoms with E-state index >= 15 is 0 Å². The zero-order valence-electron chi connectivity index (χ0n) is 22.8. The Hall–Kier alpha value is -2.82. The first-order valence-electron chi connectivity index (χ1n) is 12.7. The Morgan fingerprint density at radius 2 is 1.97 bits per heavy atom. The number of ether oxygens (including phenoxy) is 1. The van der Waals surface area contributed by atoms with E-state index in [1.54, 1.807) is 19.1 Å². The summed E-state index contributed by atoms with van der Waals surface area (Å²) in [6.45, 7) is 4.60. The van der Waals surface area contributed by atoms with Gasteiger partial charge in [0.05, 0.1) is 6.61 Å². The minimum Gasteiger partial charge on any atom is -0.461 e. The van der Waals surface area contributed by atoms with Gasteiger partial charge in [-0.25, -0.2) is 23.3 Å². The molecule has 1 aromatic heterocycles. The summed E-state index contributed by atoms with van der Waals surface area (Å²) in [6.07, 6.45) is 12.7. The maximum Gasteiger partial charge on any atom is 0.357 e. The van der Waals surface area contributed by atoms with Crippen molar-refractivity contribution in [2.75, 3.05) is 27.0 Å². The Morgan fingerprint density at radius 3 is 2.55 bits per heavy atom. The van der Waals surface area contributed by atoms with Crippen LogP contribution in [-0.4, -0.2) is 55.8 Å². The smallest absolute Gasteiger partial charge is 0.357 e. The molecule has 3 rings (SSSR count). The van der Waals surface area contributed by atoms with Crippen molar-refractivity contribution in [2.45, 2.75) is 56.4 Å². The minimum atomic E-state index is -3.90. The third-order valence-corrected chi connectivity index (χ3v) is 8.08. The number of esters is 1. The first-order valence-corrected chi connectivity index (χ1v) is 15.6. The van der Waals surface area contributed by atoms with Gasteiger partial charge in [-0.2, -0.15) is 0 Å². The van der Waals surface area contributed by atoms with Crippen LogP contribution in [0, 0.1) is 0 Å². The highest BCUT2D eigenvalue weighted by atomic mass is 32.2. The summed E-state index contributed by atoms with van der Waals surface area (Å²) >= 11 is 1.42. The van der Waals surface area contributed by atoms with Crippen LogP contribution in [0.1, 0.15) is 65.8 Å². The van der Waals surface area contributed by atoms with E-state index in [1.165, 1.54) is 11.8 Å². The number of thioether (sulfide) groups is 1. The fourth-order valence-electron chi connectivity index (χ4n) is 4.55. The van der Waals surface area contributed by atoms with Crippen LogP contribution in [0.5, 0.6) is 0 Å². The van der Waals surface area contributed by atoms with Crippen molar-refractivity contribution in [1.29, 1.82) is 0 Å². The van der Waals surface area contributed by atoms with Crippen LogP contribution < -0.4 is 5.14 Å². The van der Waals surface area contributed by atoms with Gasteiger partial charge in [0.2, 0.25) is 10.0 Å². The number of aryl methyl sites for hydroxylation is 1. The van der Waals surface area contributed by atoms with E-state index in [4.69, 9.17) is 14.9 Å². The lowest BCUT2D eigenvalue weighted by atomic mass is 9.94. The number of benzene rings is 1. The summed E-state index contributed by atoms with van der Waals surface area (Å²) in [5.74, 6) is 0.446. The van der Waals surface area contributed by atoms with E-state index in [1.807, 2.05) is 66.4 Å². The average Bonchev–Trinajstić information content (AvgIpc) is 3.20. The largest absolute Gasteiger partial charge is 0.461 e. The monoisotopic (exact) mass is 558 g/mol. The molecule has 1 heterocycles. The number of nitrogens with two attached hydrogens (primary N) is 1. The van der Waals surface area contributed by atoms with Crippen molar-refractivity contribution < 1.29 is 17.9 Å². The topological polar surface area (TPSA) is 108 Å². The molecule has 1 aliphatic rings. The number of allylic oxidation sites excluding steroid dienone is 4. The summed E-state index contributed by atoms with van der Waals surface area (Å²) in [7, 11) is -0.0473. The molecular formula is C28H38N4O4S2. The highest BCUT2D eigenvalue weighted by molar-refractivity contribution is 7.98. The Labute approximate surface area is 230 Å². The quantitative estimate of drug-likeness (QED) is 0.294. The van der Waals surface area contributed by atoms with Gasteiger partial charge in [-0.15, -0.1) is 11.8 Å². The van der Waals surface area contributed by atoms with Crippen molar-refractivity contribution >= 4 is 27.8 Å². The van der Waals surface area contributed by atoms with Gasteiger partial charge in [0.25, 0.3) is 0 Å². The number of hydrogen-bond donors (Lipinski definition) is 1. The van der Waals surface area contributed by atoms with Crippen LogP contribution in [0.4, 0.5) is 0 Å². The molecule has 0 fully saturated rings. The highest BCUT2D eigenvalue weighted by Crippen LogP contribution is 2.35. The summed E-state index contributed by atoms with van der Waals surface area (Å²) in [4.78, 5) is 19.5. The van der Waals surface area contributed by atoms with Crippen molar-refractivity contribution in [3.05, 3.63) is 82.5 Å². The highest BCUT2D eigenvalue weighted by Gasteiger charge is 2.29. The molecule has 0 amide bonds. The van der Waals surface area contributed by atoms with Gasteiger partial charge in [-0.1, -0.05) is 55.8 Å². The van der Waals surface area contributed by atoms with E-state index in [9.17, 15) is 13.2 Å². The van der Waals surface area contributed by atoms with Gasteiger partial charge < -0.3 is 14.2 Å². The Bertz CT molecular complexity index is 1320. The standard InChI is InChI=1S/C28H38N4O4S2/c1-6-8-12-24-30-27(37-5)25(28(33)36-7-2)32(24)19-20-13-15-22(16-14-20)26(38(29,34)35)23-11-9-10-21(17-23)18-31(3)4/h9-11,13-16,18,26H,6-8,12,17,19H2,1-5H3,(H2,29,34,35). The number of aromatic nitrogens is 2. The fourth-order valence-corrected chi connectivity index (χ4v) is 6.26.